The number of benzene rings is 1. The molecule has 0 aliphatic carbocycles. The Morgan fingerprint density at radius 2 is 1.73 bits per heavy atom. The number of rotatable bonds is 10. The van der Waals surface area contributed by atoms with Crippen LogP contribution in [0.4, 0.5) is 0 Å². The minimum Gasteiger partial charge on any atom is -0.372 e. The molecule has 0 saturated carbocycles. The van der Waals surface area contributed by atoms with Crippen LogP contribution in [0, 0.1) is 5.92 Å². The quantitative estimate of drug-likeness (QED) is 0.701. The topological polar surface area (TPSA) is 38.3 Å². The molecule has 3 nitrogen and oxygen atoms in total. The van der Waals surface area contributed by atoms with E-state index in [9.17, 15) is 4.79 Å². The lowest BCUT2D eigenvalue weighted by atomic mass is 9.90. The van der Waals surface area contributed by atoms with Crippen molar-refractivity contribution < 1.29 is 9.53 Å². The molecule has 0 aliphatic rings. The highest BCUT2D eigenvalue weighted by atomic mass is 16.5. The summed E-state index contributed by atoms with van der Waals surface area (Å²) < 4.78 is 5.81. The van der Waals surface area contributed by atoms with Crippen molar-refractivity contribution in [3.8, 4) is 0 Å². The Morgan fingerprint density at radius 1 is 1.14 bits per heavy atom. The fourth-order valence-electron chi connectivity index (χ4n) is 2.99. The SMILES string of the molecule is CCCC(CCC)C(=O)NCC(CC)(OC)c1ccccc1. The van der Waals surface area contributed by atoms with Crippen molar-refractivity contribution in [2.24, 2.45) is 5.92 Å². The molecule has 0 fully saturated rings. The standard InChI is InChI=1S/C19H31NO2/c1-5-11-16(12-6-2)18(21)20-15-19(7-3,22-4)17-13-9-8-10-14-17/h8-10,13-14,16H,5-7,11-12,15H2,1-4H3,(H,20,21). The first kappa shape index (κ1) is 18.7. The molecular formula is C19H31NO2. The van der Waals surface area contributed by atoms with Gasteiger partial charge >= 0.3 is 0 Å². The Morgan fingerprint density at radius 3 is 2.18 bits per heavy atom. The van der Waals surface area contributed by atoms with Crippen LogP contribution in [0.15, 0.2) is 30.3 Å². The number of methoxy groups -OCH3 is 1. The van der Waals surface area contributed by atoms with E-state index in [1.807, 2.05) is 18.2 Å². The van der Waals surface area contributed by atoms with Gasteiger partial charge in [0, 0.05) is 13.0 Å². The third-order valence-corrected chi connectivity index (χ3v) is 4.45. The maximum Gasteiger partial charge on any atom is 0.223 e. The average Bonchev–Trinajstić information content (AvgIpc) is 2.57. The molecule has 1 aromatic carbocycles. The molecule has 0 saturated heterocycles. The van der Waals surface area contributed by atoms with Gasteiger partial charge in [-0.2, -0.15) is 0 Å². The monoisotopic (exact) mass is 305 g/mol. The van der Waals surface area contributed by atoms with Crippen molar-refractivity contribution in [3.05, 3.63) is 35.9 Å². The molecule has 0 aliphatic heterocycles. The molecular weight excluding hydrogens is 274 g/mol. The molecule has 1 unspecified atom stereocenters. The minimum atomic E-state index is -0.445. The summed E-state index contributed by atoms with van der Waals surface area (Å²) in [5, 5.41) is 3.13. The van der Waals surface area contributed by atoms with Crippen molar-refractivity contribution >= 4 is 5.91 Å². The molecule has 1 amide bonds. The summed E-state index contributed by atoms with van der Waals surface area (Å²) in [6.07, 6.45) is 4.81. The zero-order chi connectivity index (χ0) is 16.4. The normalized spacial score (nSPS) is 13.9. The Balaban J connectivity index is 2.78. The number of hydrogen-bond donors (Lipinski definition) is 1. The predicted molar refractivity (Wildman–Crippen MR) is 91.7 cm³/mol. The van der Waals surface area contributed by atoms with Crippen LogP contribution in [-0.2, 0) is 15.1 Å². The first-order chi connectivity index (χ1) is 10.6. The van der Waals surface area contributed by atoms with E-state index in [0.29, 0.717) is 6.54 Å². The zero-order valence-corrected chi connectivity index (χ0v) is 14.5. The van der Waals surface area contributed by atoms with Gasteiger partial charge in [-0.05, 0) is 24.8 Å². The summed E-state index contributed by atoms with van der Waals surface area (Å²) in [7, 11) is 1.72. The summed E-state index contributed by atoms with van der Waals surface area (Å²) in [5.74, 6) is 0.284. The highest BCUT2D eigenvalue weighted by molar-refractivity contribution is 5.78. The molecule has 0 bridgehead atoms. The lowest BCUT2D eigenvalue weighted by Crippen LogP contribution is -2.43. The summed E-state index contributed by atoms with van der Waals surface area (Å²) >= 11 is 0. The third kappa shape index (κ3) is 4.84. The van der Waals surface area contributed by atoms with Crippen LogP contribution in [0.25, 0.3) is 0 Å². The van der Waals surface area contributed by atoms with E-state index in [-0.39, 0.29) is 11.8 Å². The number of carbonyl (C=O) groups is 1. The maximum absolute atomic E-state index is 12.5. The van der Waals surface area contributed by atoms with Crippen molar-refractivity contribution in [2.45, 2.75) is 58.5 Å². The van der Waals surface area contributed by atoms with Gasteiger partial charge in [-0.25, -0.2) is 0 Å². The van der Waals surface area contributed by atoms with Crippen molar-refractivity contribution in [1.82, 2.24) is 5.32 Å². The molecule has 1 atom stereocenters. The van der Waals surface area contributed by atoms with E-state index < -0.39 is 5.60 Å². The highest BCUT2D eigenvalue weighted by Crippen LogP contribution is 2.28. The smallest absolute Gasteiger partial charge is 0.223 e. The number of hydrogen-bond acceptors (Lipinski definition) is 2. The lowest BCUT2D eigenvalue weighted by molar-refractivity contribution is -0.127. The maximum atomic E-state index is 12.5. The largest absolute Gasteiger partial charge is 0.372 e. The van der Waals surface area contributed by atoms with Gasteiger partial charge in [0.25, 0.3) is 0 Å². The van der Waals surface area contributed by atoms with Gasteiger partial charge in [0.05, 0.1) is 6.54 Å². The molecule has 124 valence electrons. The van der Waals surface area contributed by atoms with E-state index in [0.717, 1.165) is 37.7 Å². The minimum absolute atomic E-state index is 0.122. The Labute approximate surface area is 135 Å². The molecule has 1 N–H and O–H groups in total. The van der Waals surface area contributed by atoms with Gasteiger partial charge in [-0.3, -0.25) is 4.79 Å². The molecule has 1 rings (SSSR count). The van der Waals surface area contributed by atoms with Crippen LogP contribution in [0.5, 0.6) is 0 Å². The Hall–Kier alpha value is -1.35. The molecule has 1 aromatic rings. The summed E-state index contributed by atoms with van der Waals surface area (Å²) in [6.45, 7) is 6.88. The molecule has 0 radical (unpaired) electrons. The fourth-order valence-corrected chi connectivity index (χ4v) is 2.99. The molecule has 3 heteroatoms. The van der Waals surface area contributed by atoms with Gasteiger partial charge in [-0.15, -0.1) is 0 Å². The Kier molecular flexibility index (Phi) is 8.18. The first-order valence-corrected chi connectivity index (χ1v) is 8.51. The van der Waals surface area contributed by atoms with E-state index in [1.165, 1.54) is 0 Å². The van der Waals surface area contributed by atoms with E-state index in [1.54, 1.807) is 7.11 Å². The van der Waals surface area contributed by atoms with Crippen LogP contribution >= 0.6 is 0 Å². The van der Waals surface area contributed by atoms with Crippen molar-refractivity contribution in [1.29, 1.82) is 0 Å². The highest BCUT2D eigenvalue weighted by Gasteiger charge is 2.31. The predicted octanol–water partition coefficient (Wildman–Crippen LogP) is 4.27. The number of nitrogens with one attached hydrogen (secondary N) is 1. The summed E-state index contributed by atoms with van der Waals surface area (Å²) in [4.78, 5) is 12.5. The van der Waals surface area contributed by atoms with Crippen molar-refractivity contribution in [3.63, 3.8) is 0 Å². The molecule has 22 heavy (non-hydrogen) atoms. The second-order valence-electron chi connectivity index (χ2n) is 5.91. The van der Waals surface area contributed by atoms with Gasteiger partial charge in [0.1, 0.15) is 5.60 Å². The average molecular weight is 305 g/mol. The van der Waals surface area contributed by atoms with Crippen LogP contribution in [0.1, 0.15) is 58.4 Å². The van der Waals surface area contributed by atoms with E-state index in [4.69, 9.17) is 4.74 Å². The van der Waals surface area contributed by atoms with Crippen molar-refractivity contribution in [2.75, 3.05) is 13.7 Å². The molecule has 0 aromatic heterocycles. The van der Waals surface area contributed by atoms with Gasteiger partial charge in [0.2, 0.25) is 5.91 Å². The van der Waals surface area contributed by atoms with Gasteiger partial charge in [0.15, 0.2) is 0 Å². The number of ether oxygens (including phenoxy) is 1. The zero-order valence-electron chi connectivity index (χ0n) is 14.5. The van der Waals surface area contributed by atoms with Crippen LogP contribution in [-0.4, -0.2) is 19.6 Å². The van der Waals surface area contributed by atoms with Gasteiger partial charge < -0.3 is 10.1 Å². The van der Waals surface area contributed by atoms with E-state index >= 15 is 0 Å². The van der Waals surface area contributed by atoms with Crippen LogP contribution in [0.3, 0.4) is 0 Å². The third-order valence-electron chi connectivity index (χ3n) is 4.45. The number of carbonyl (C=O) groups excluding carboxylic acids is 1. The number of amides is 1. The first-order valence-electron chi connectivity index (χ1n) is 8.51. The van der Waals surface area contributed by atoms with E-state index in [2.05, 4.69) is 38.2 Å². The Bertz CT molecular complexity index is 420. The van der Waals surface area contributed by atoms with Crippen LogP contribution in [0.2, 0.25) is 0 Å². The lowest BCUT2D eigenvalue weighted by Gasteiger charge is -2.33. The van der Waals surface area contributed by atoms with Crippen LogP contribution < -0.4 is 5.32 Å². The fraction of sp³-hybridized carbons (Fsp3) is 0.632. The molecule has 0 heterocycles. The summed E-state index contributed by atoms with van der Waals surface area (Å²) in [5.41, 5.74) is 0.669. The summed E-state index contributed by atoms with van der Waals surface area (Å²) in [6, 6.07) is 10.1. The second-order valence-corrected chi connectivity index (χ2v) is 5.91. The van der Waals surface area contributed by atoms with Gasteiger partial charge in [-0.1, -0.05) is 63.9 Å². The molecule has 0 spiro atoms. The second kappa shape index (κ2) is 9.62.